The minimum Gasteiger partial charge on any atom is -0.363 e. The minimum absolute atomic E-state index is 0.240. The number of rotatable bonds is 5. The summed E-state index contributed by atoms with van der Waals surface area (Å²) in [6.07, 6.45) is 9.82. The molecule has 1 aliphatic carbocycles. The number of allylic oxidation sites excluding steroid dienone is 2. The Kier molecular flexibility index (Phi) is 5.15. The first-order chi connectivity index (χ1) is 13.0. The van der Waals surface area contributed by atoms with E-state index in [-0.39, 0.29) is 11.2 Å². The number of carbonyl (C=O) groups excluding carboxylic acids is 1. The lowest BCUT2D eigenvalue weighted by Gasteiger charge is -2.41. The van der Waals surface area contributed by atoms with Crippen LogP contribution >= 0.6 is 0 Å². The second-order valence-corrected chi connectivity index (χ2v) is 9.31. The summed E-state index contributed by atoms with van der Waals surface area (Å²) in [5.41, 5.74) is 4.37. The minimum atomic E-state index is 0.240. The first-order valence-corrected chi connectivity index (χ1v) is 10.7. The maximum atomic E-state index is 11.8. The van der Waals surface area contributed by atoms with Crippen LogP contribution in [0.5, 0.6) is 0 Å². The Bertz CT molecular complexity index is 730. The zero-order chi connectivity index (χ0) is 19.0. The maximum absolute atomic E-state index is 11.8. The highest BCUT2D eigenvalue weighted by molar-refractivity contribution is 5.82. The molecule has 0 bridgehead atoms. The second kappa shape index (κ2) is 7.43. The molecule has 1 saturated heterocycles. The third-order valence-corrected chi connectivity index (χ3v) is 7.11. The summed E-state index contributed by atoms with van der Waals surface area (Å²) in [6, 6.07) is 6.82. The zero-order valence-electron chi connectivity index (χ0n) is 17.2. The fourth-order valence-electron chi connectivity index (χ4n) is 5.56. The van der Waals surface area contributed by atoms with E-state index >= 15 is 0 Å². The molecule has 27 heavy (non-hydrogen) atoms. The van der Waals surface area contributed by atoms with Crippen LogP contribution in [-0.4, -0.2) is 43.4 Å². The van der Waals surface area contributed by atoms with Crippen LogP contribution in [0.3, 0.4) is 0 Å². The Morgan fingerprint density at radius 3 is 2.74 bits per heavy atom. The number of aryl methyl sites for hydroxylation is 1. The van der Waals surface area contributed by atoms with E-state index in [4.69, 9.17) is 0 Å². The number of likely N-dealkylation sites (tertiary alicyclic amines) is 1. The largest absolute Gasteiger partial charge is 0.363 e. The fraction of sp³-hybridized carbons (Fsp3) is 0.625. The van der Waals surface area contributed by atoms with E-state index in [1.54, 1.807) is 6.92 Å². The molecule has 4 rings (SSSR count). The van der Waals surface area contributed by atoms with Crippen molar-refractivity contribution in [2.45, 2.75) is 51.9 Å². The van der Waals surface area contributed by atoms with Crippen molar-refractivity contribution in [1.29, 1.82) is 0 Å². The molecule has 0 aromatic heterocycles. The molecule has 146 valence electrons. The number of carbonyl (C=O) groups is 1. The van der Waals surface area contributed by atoms with Gasteiger partial charge in [-0.05, 0) is 76.1 Å². The lowest BCUT2D eigenvalue weighted by molar-refractivity contribution is -0.115. The van der Waals surface area contributed by atoms with Gasteiger partial charge in [0, 0.05) is 24.2 Å². The number of benzene rings is 1. The van der Waals surface area contributed by atoms with Gasteiger partial charge < -0.3 is 9.80 Å². The summed E-state index contributed by atoms with van der Waals surface area (Å²) in [7, 11) is 0. The number of ketones is 1. The van der Waals surface area contributed by atoms with Crippen molar-refractivity contribution in [3.05, 3.63) is 41.5 Å². The van der Waals surface area contributed by atoms with Gasteiger partial charge in [-0.15, -0.1) is 0 Å². The summed E-state index contributed by atoms with van der Waals surface area (Å²) in [5.74, 6) is 1.79. The Labute approximate surface area is 164 Å². The first kappa shape index (κ1) is 18.7. The van der Waals surface area contributed by atoms with Crippen LogP contribution in [0.4, 0.5) is 5.69 Å². The van der Waals surface area contributed by atoms with Crippen LogP contribution in [0, 0.1) is 18.8 Å². The molecule has 0 radical (unpaired) electrons. The molecule has 2 aliphatic heterocycles. The molecule has 0 N–H and O–H groups in total. The molecule has 3 nitrogen and oxygen atoms in total. The molecule has 1 aromatic carbocycles. The van der Waals surface area contributed by atoms with E-state index in [0.717, 1.165) is 18.4 Å². The van der Waals surface area contributed by atoms with Gasteiger partial charge in [-0.2, -0.15) is 0 Å². The van der Waals surface area contributed by atoms with Gasteiger partial charge in [-0.1, -0.05) is 36.8 Å². The van der Waals surface area contributed by atoms with Gasteiger partial charge in [0.05, 0.1) is 6.54 Å². The fourth-order valence-corrected chi connectivity index (χ4v) is 5.56. The molecular formula is C24H34N2O. The Morgan fingerprint density at radius 2 is 2.07 bits per heavy atom. The van der Waals surface area contributed by atoms with Crippen molar-refractivity contribution >= 4 is 11.5 Å². The zero-order valence-corrected chi connectivity index (χ0v) is 17.2. The van der Waals surface area contributed by atoms with Gasteiger partial charge in [0.2, 0.25) is 0 Å². The highest BCUT2D eigenvalue weighted by atomic mass is 16.1. The van der Waals surface area contributed by atoms with E-state index in [1.807, 2.05) is 0 Å². The first-order valence-electron chi connectivity index (χ1n) is 10.7. The standard InChI is InChI=1S/C24H34N2O/c1-18-8-9-23-22(14-18)24(17-26(23)16-20(3)27)10-12-25(13-11-24)15-19(2)21-6-4-5-7-21/h4,6,8-9,14,19,21H,5,7,10-13,15-17H2,1-3H3/t19-,21-/m0/s1. The summed E-state index contributed by atoms with van der Waals surface area (Å²) in [6.45, 7) is 11.5. The van der Waals surface area contributed by atoms with Crippen molar-refractivity contribution < 1.29 is 4.79 Å². The van der Waals surface area contributed by atoms with Crippen LogP contribution in [0.2, 0.25) is 0 Å². The van der Waals surface area contributed by atoms with E-state index < -0.39 is 0 Å². The smallest absolute Gasteiger partial charge is 0.149 e. The maximum Gasteiger partial charge on any atom is 0.149 e. The van der Waals surface area contributed by atoms with E-state index in [9.17, 15) is 4.79 Å². The molecule has 3 aliphatic rings. The monoisotopic (exact) mass is 366 g/mol. The molecular weight excluding hydrogens is 332 g/mol. The van der Waals surface area contributed by atoms with Crippen LogP contribution in [0.1, 0.15) is 50.7 Å². The molecule has 0 unspecified atom stereocenters. The van der Waals surface area contributed by atoms with E-state index in [2.05, 4.69) is 54.0 Å². The normalized spacial score (nSPS) is 25.1. The summed E-state index contributed by atoms with van der Waals surface area (Å²) >= 11 is 0. The van der Waals surface area contributed by atoms with Crippen LogP contribution in [0.15, 0.2) is 30.4 Å². The number of hydrogen-bond acceptors (Lipinski definition) is 3. The van der Waals surface area contributed by atoms with Gasteiger partial charge in [0.25, 0.3) is 0 Å². The molecule has 1 spiro atoms. The highest BCUT2D eigenvalue weighted by Crippen LogP contribution is 2.47. The van der Waals surface area contributed by atoms with Crippen molar-refractivity contribution in [3.8, 4) is 0 Å². The molecule has 1 aromatic rings. The summed E-state index contributed by atoms with van der Waals surface area (Å²) in [5, 5.41) is 0. The topological polar surface area (TPSA) is 23.6 Å². The third-order valence-electron chi connectivity index (χ3n) is 7.11. The molecule has 2 atom stereocenters. The molecule has 2 heterocycles. The number of anilines is 1. The predicted octanol–water partition coefficient (Wildman–Crippen LogP) is 4.34. The quantitative estimate of drug-likeness (QED) is 0.724. The molecule has 0 amide bonds. The van der Waals surface area contributed by atoms with Crippen molar-refractivity contribution in [2.24, 2.45) is 11.8 Å². The highest BCUT2D eigenvalue weighted by Gasteiger charge is 2.44. The van der Waals surface area contributed by atoms with Crippen molar-refractivity contribution in [3.63, 3.8) is 0 Å². The third kappa shape index (κ3) is 3.71. The molecule has 1 fully saturated rings. The molecule has 0 saturated carbocycles. The van der Waals surface area contributed by atoms with E-state index in [1.165, 1.54) is 62.1 Å². The Morgan fingerprint density at radius 1 is 1.30 bits per heavy atom. The SMILES string of the molecule is CC(=O)CN1CC2(CCN(C[C@H](C)[C@H]3C=CCC3)CC2)c2cc(C)ccc21. The van der Waals surface area contributed by atoms with Gasteiger partial charge >= 0.3 is 0 Å². The Hall–Kier alpha value is -1.61. The second-order valence-electron chi connectivity index (χ2n) is 9.31. The lowest BCUT2D eigenvalue weighted by atomic mass is 9.73. The number of piperidine rings is 1. The average molecular weight is 367 g/mol. The van der Waals surface area contributed by atoms with Gasteiger partial charge in [-0.25, -0.2) is 0 Å². The van der Waals surface area contributed by atoms with Gasteiger partial charge in [-0.3, -0.25) is 4.79 Å². The van der Waals surface area contributed by atoms with Crippen molar-refractivity contribution in [1.82, 2.24) is 4.90 Å². The lowest BCUT2D eigenvalue weighted by Crippen LogP contribution is -2.47. The summed E-state index contributed by atoms with van der Waals surface area (Å²) < 4.78 is 0. The van der Waals surface area contributed by atoms with Gasteiger partial charge in [0.1, 0.15) is 5.78 Å². The number of hydrogen-bond donors (Lipinski definition) is 0. The number of fused-ring (bicyclic) bond motifs is 2. The Balaban J connectivity index is 1.46. The predicted molar refractivity (Wildman–Crippen MR) is 112 cm³/mol. The number of Topliss-reactive ketones (excluding diaryl/α,β-unsaturated/α-hetero) is 1. The molecule has 3 heteroatoms. The van der Waals surface area contributed by atoms with E-state index in [0.29, 0.717) is 6.54 Å². The van der Waals surface area contributed by atoms with Crippen molar-refractivity contribution in [2.75, 3.05) is 37.6 Å². The van der Waals surface area contributed by atoms with Crippen LogP contribution in [0.25, 0.3) is 0 Å². The van der Waals surface area contributed by atoms with Crippen LogP contribution in [-0.2, 0) is 10.2 Å². The summed E-state index contributed by atoms with van der Waals surface area (Å²) in [4.78, 5) is 16.8. The van der Waals surface area contributed by atoms with Gasteiger partial charge in [0.15, 0.2) is 0 Å². The average Bonchev–Trinajstić information content (AvgIpc) is 3.25. The number of nitrogens with zero attached hydrogens (tertiary/aromatic N) is 2. The van der Waals surface area contributed by atoms with Crippen LogP contribution < -0.4 is 4.90 Å².